The Balaban J connectivity index is 2.24. The van der Waals surface area contributed by atoms with Crippen molar-refractivity contribution in [2.75, 3.05) is 7.11 Å². The quantitative estimate of drug-likeness (QED) is 0.504. The van der Waals surface area contributed by atoms with E-state index in [1.165, 1.54) is 0 Å². The molecule has 0 spiro atoms. The van der Waals surface area contributed by atoms with Crippen molar-refractivity contribution in [3.63, 3.8) is 0 Å². The van der Waals surface area contributed by atoms with Crippen LogP contribution >= 0.6 is 22.6 Å². The van der Waals surface area contributed by atoms with Gasteiger partial charge in [0, 0.05) is 5.56 Å². The molecule has 112 valence electrons. The lowest BCUT2D eigenvalue weighted by Gasteiger charge is -2.03. The molecule has 0 aliphatic heterocycles. The van der Waals surface area contributed by atoms with Crippen LogP contribution in [0.2, 0.25) is 0 Å². The average Bonchev–Trinajstić information content (AvgIpc) is 2.96. The number of pyridine rings is 1. The van der Waals surface area contributed by atoms with Gasteiger partial charge in [0.25, 0.3) is 0 Å². The molecule has 0 atom stereocenters. The van der Waals surface area contributed by atoms with Gasteiger partial charge in [0.2, 0.25) is 5.58 Å². The summed E-state index contributed by atoms with van der Waals surface area (Å²) in [6, 6.07) is 7.10. The van der Waals surface area contributed by atoms with Crippen LogP contribution in [-0.4, -0.2) is 33.4 Å². The molecular formula is C14H9IN2O5. The number of carbonyl (C=O) groups is 1. The standard InChI is InChI=1S/C14H9IN2O5/c1-21-7-4-2-6(3-5-7)9-8-12(22-17-9)11(18)10(14(19)20)16-13(8)15/h2-5,18H,1H3,(H,19,20). The smallest absolute Gasteiger partial charge is 0.358 e. The molecule has 2 aromatic heterocycles. The molecule has 7 nitrogen and oxygen atoms in total. The number of aromatic hydroxyl groups is 1. The van der Waals surface area contributed by atoms with E-state index < -0.39 is 17.4 Å². The molecule has 3 aromatic rings. The number of nitrogens with zero attached hydrogens (tertiary/aromatic N) is 2. The third kappa shape index (κ3) is 2.25. The molecule has 1 aromatic carbocycles. The van der Waals surface area contributed by atoms with Crippen LogP contribution in [0.5, 0.6) is 11.5 Å². The Hall–Kier alpha value is -2.36. The number of ether oxygens (including phenoxy) is 1. The molecule has 0 saturated heterocycles. The van der Waals surface area contributed by atoms with Gasteiger partial charge < -0.3 is 19.5 Å². The largest absolute Gasteiger partial charge is 0.502 e. The van der Waals surface area contributed by atoms with Gasteiger partial charge in [0.15, 0.2) is 11.4 Å². The van der Waals surface area contributed by atoms with E-state index in [2.05, 4.69) is 10.1 Å². The molecule has 0 fully saturated rings. The van der Waals surface area contributed by atoms with Crippen molar-refractivity contribution in [2.45, 2.75) is 0 Å². The number of hydrogen-bond donors (Lipinski definition) is 2. The molecule has 0 aliphatic rings. The fourth-order valence-electron chi connectivity index (χ4n) is 2.05. The van der Waals surface area contributed by atoms with Crippen LogP contribution in [-0.2, 0) is 0 Å². The number of carboxylic acids is 1. The minimum absolute atomic E-state index is 0.00242. The third-order valence-electron chi connectivity index (χ3n) is 3.11. The van der Waals surface area contributed by atoms with Gasteiger partial charge in [-0.2, -0.15) is 0 Å². The fourth-order valence-corrected chi connectivity index (χ4v) is 2.79. The number of fused-ring (bicyclic) bond motifs is 1. The van der Waals surface area contributed by atoms with Crippen LogP contribution in [0.4, 0.5) is 0 Å². The van der Waals surface area contributed by atoms with Crippen molar-refractivity contribution in [2.24, 2.45) is 0 Å². The zero-order valence-corrected chi connectivity index (χ0v) is 13.4. The summed E-state index contributed by atoms with van der Waals surface area (Å²) >= 11 is 1.89. The molecule has 0 saturated carbocycles. The van der Waals surface area contributed by atoms with Gasteiger partial charge in [-0.25, -0.2) is 9.78 Å². The lowest BCUT2D eigenvalue weighted by molar-refractivity contribution is 0.0687. The van der Waals surface area contributed by atoms with E-state index in [0.717, 1.165) is 5.56 Å². The van der Waals surface area contributed by atoms with E-state index in [4.69, 9.17) is 14.4 Å². The predicted octanol–water partition coefficient (Wildman–Crippen LogP) is 2.91. The monoisotopic (exact) mass is 412 g/mol. The molecule has 0 amide bonds. The summed E-state index contributed by atoms with van der Waals surface area (Å²) in [6.45, 7) is 0. The Morgan fingerprint density at radius 3 is 2.59 bits per heavy atom. The highest BCUT2D eigenvalue weighted by Gasteiger charge is 2.24. The molecule has 0 bridgehead atoms. The Kier molecular flexibility index (Phi) is 3.61. The molecule has 2 N–H and O–H groups in total. The van der Waals surface area contributed by atoms with Crippen LogP contribution in [0.25, 0.3) is 22.2 Å². The van der Waals surface area contributed by atoms with Crippen LogP contribution in [0, 0.1) is 3.70 Å². The van der Waals surface area contributed by atoms with Crippen LogP contribution in [0.1, 0.15) is 10.5 Å². The van der Waals surface area contributed by atoms with Crippen molar-refractivity contribution in [3.05, 3.63) is 33.7 Å². The zero-order valence-electron chi connectivity index (χ0n) is 11.2. The molecule has 0 unspecified atom stereocenters. The van der Waals surface area contributed by atoms with Gasteiger partial charge in [0.1, 0.15) is 15.1 Å². The maximum Gasteiger partial charge on any atom is 0.358 e. The molecule has 0 aliphatic carbocycles. The Morgan fingerprint density at radius 2 is 2.00 bits per heavy atom. The summed E-state index contributed by atoms with van der Waals surface area (Å²) in [7, 11) is 1.57. The van der Waals surface area contributed by atoms with Gasteiger partial charge in [-0.1, -0.05) is 5.16 Å². The highest BCUT2D eigenvalue weighted by Crippen LogP contribution is 2.37. The second-order valence-electron chi connectivity index (χ2n) is 4.37. The Bertz CT molecular complexity index is 873. The molecule has 22 heavy (non-hydrogen) atoms. The topological polar surface area (TPSA) is 106 Å². The van der Waals surface area contributed by atoms with E-state index in [0.29, 0.717) is 20.5 Å². The fraction of sp³-hybridized carbons (Fsp3) is 0.0714. The minimum atomic E-state index is -1.33. The van der Waals surface area contributed by atoms with Crippen molar-refractivity contribution >= 4 is 39.5 Å². The van der Waals surface area contributed by atoms with E-state index in [9.17, 15) is 9.90 Å². The molecule has 2 heterocycles. The van der Waals surface area contributed by atoms with E-state index in [1.807, 2.05) is 22.6 Å². The summed E-state index contributed by atoms with van der Waals surface area (Å²) in [5.41, 5.74) is 0.750. The lowest BCUT2D eigenvalue weighted by atomic mass is 10.1. The Labute approximate surface area is 137 Å². The van der Waals surface area contributed by atoms with Crippen LogP contribution < -0.4 is 4.74 Å². The lowest BCUT2D eigenvalue weighted by Crippen LogP contribution is -2.02. The summed E-state index contributed by atoms with van der Waals surface area (Å²) in [6.07, 6.45) is 0. The van der Waals surface area contributed by atoms with Gasteiger partial charge in [-0.15, -0.1) is 0 Å². The summed E-state index contributed by atoms with van der Waals surface area (Å²) in [5, 5.41) is 23.4. The first-order valence-corrected chi connectivity index (χ1v) is 7.16. The van der Waals surface area contributed by atoms with Crippen molar-refractivity contribution in [3.8, 4) is 22.8 Å². The number of aromatic carboxylic acids is 1. The first kappa shape index (κ1) is 14.6. The summed E-state index contributed by atoms with van der Waals surface area (Å²) < 4.78 is 10.6. The van der Waals surface area contributed by atoms with Gasteiger partial charge in [-0.3, -0.25) is 0 Å². The first-order valence-electron chi connectivity index (χ1n) is 6.08. The first-order chi connectivity index (χ1) is 10.5. The second-order valence-corrected chi connectivity index (χ2v) is 5.39. The van der Waals surface area contributed by atoms with Crippen molar-refractivity contribution in [1.29, 1.82) is 0 Å². The van der Waals surface area contributed by atoms with Gasteiger partial charge in [-0.05, 0) is 46.9 Å². The number of rotatable bonds is 3. The minimum Gasteiger partial charge on any atom is -0.502 e. The maximum absolute atomic E-state index is 11.1. The average molecular weight is 412 g/mol. The molecule has 3 rings (SSSR count). The number of halogens is 1. The van der Waals surface area contributed by atoms with E-state index in [-0.39, 0.29) is 5.58 Å². The van der Waals surface area contributed by atoms with Gasteiger partial charge in [0.05, 0.1) is 12.5 Å². The third-order valence-corrected chi connectivity index (χ3v) is 3.89. The number of aromatic nitrogens is 2. The van der Waals surface area contributed by atoms with E-state index >= 15 is 0 Å². The SMILES string of the molecule is COc1ccc(-c2noc3c(O)c(C(=O)O)nc(I)c23)cc1. The number of methoxy groups -OCH3 is 1. The summed E-state index contributed by atoms with van der Waals surface area (Å²) in [4.78, 5) is 15.0. The highest BCUT2D eigenvalue weighted by atomic mass is 127. The second kappa shape index (κ2) is 5.44. The molecule has 0 radical (unpaired) electrons. The van der Waals surface area contributed by atoms with E-state index in [1.54, 1.807) is 31.4 Å². The molecular weight excluding hydrogens is 403 g/mol. The van der Waals surface area contributed by atoms with Crippen molar-refractivity contribution < 1.29 is 24.3 Å². The number of carboxylic acid groups (broad SMARTS) is 1. The van der Waals surface area contributed by atoms with Gasteiger partial charge >= 0.3 is 5.97 Å². The van der Waals surface area contributed by atoms with Crippen molar-refractivity contribution in [1.82, 2.24) is 10.1 Å². The normalized spacial score (nSPS) is 10.8. The maximum atomic E-state index is 11.1. The molecule has 8 heteroatoms. The Morgan fingerprint density at radius 1 is 1.32 bits per heavy atom. The number of hydrogen-bond acceptors (Lipinski definition) is 6. The summed E-state index contributed by atoms with van der Waals surface area (Å²) in [5.74, 6) is -1.17. The zero-order chi connectivity index (χ0) is 15.9. The van der Waals surface area contributed by atoms with Crippen LogP contribution in [0.3, 0.4) is 0 Å². The van der Waals surface area contributed by atoms with Crippen LogP contribution in [0.15, 0.2) is 28.8 Å². The number of benzene rings is 1. The predicted molar refractivity (Wildman–Crippen MR) is 85.1 cm³/mol. The highest BCUT2D eigenvalue weighted by molar-refractivity contribution is 14.1.